The van der Waals surface area contributed by atoms with Crippen molar-refractivity contribution >= 4 is 0 Å². The second-order valence-corrected chi connectivity index (χ2v) is 1.75. The van der Waals surface area contributed by atoms with Crippen LogP contribution in [-0.2, 0) is 4.74 Å². The minimum atomic E-state index is 0.141. The lowest BCUT2D eigenvalue weighted by Crippen LogP contribution is -2.15. The van der Waals surface area contributed by atoms with E-state index in [9.17, 15) is 0 Å². The Hall–Kier alpha value is -0.0800. The highest BCUT2D eigenvalue weighted by molar-refractivity contribution is 4.59. The fourth-order valence-electron chi connectivity index (χ4n) is 0.423. The molecule has 0 fully saturated rings. The smallest absolute Gasteiger partial charge is 0.0584 e. The molecule has 0 amide bonds. The fraction of sp³-hybridized carbons (Fsp3) is 0.833. The van der Waals surface area contributed by atoms with Crippen LogP contribution in [0.4, 0.5) is 0 Å². The molecule has 0 spiro atoms. The van der Waals surface area contributed by atoms with Crippen molar-refractivity contribution < 1.29 is 4.74 Å². The highest BCUT2D eigenvalue weighted by Gasteiger charge is 1.94. The zero-order chi connectivity index (χ0) is 6.41. The number of methoxy groups -OCH3 is 1. The van der Waals surface area contributed by atoms with Gasteiger partial charge in [0.15, 0.2) is 0 Å². The molecule has 0 aliphatic heterocycles. The summed E-state index contributed by atoms with van der Waals surface area (Å²) < 4.78 is 4.90. The summed E-state index contributed by atoms with van der Waals surface area (Å²) in [5.74, 6) is 0. The molecule has 0 rings (SSSR count). The zero-order valence-electron chi connectivity index (χ0n) is 5.61. The standard InChI is InChI=1S/C6H14NO/c1-6(8-3)4-5-7-2/h6-7H,1,4-5H2,2-3H3. The molecule has 2 nitrogen and oxygen atoms in total. The quantitative estimate of drug-likeness (QED) is 0.575. The molecule has 0 aromatic heterocycles. The van der Waals surface area contributed by atoms with Crippen LogP contribution in [-0.4, -0.2) is 26.8 Å². The van der Waals surface area contributed by atoms with Crippen molar-refractivity contribution in [3.05, 3.63) is 6.92 Å². The lowest BCUT2D eigenvalue weighted by Gasteiger charge is -2.06. The first-order valence-corrected chi connectivity index (χ1v) is 2.81. The van der Waals surface area contributed by atoms with Crippen molar-refractivity contribution in [3.63, 3.8) is 0 Å². The van der Waals surface area contributed by atoms with E-state index < -0.39 is 0 Å². The molecule has 0 saturated carbocycles. The average molecular weight is 116 g/mol. The number of hydrogen-bond acceptors (Lipinski definition) is 2. The molecule has 0 aliphatic carbocycles. The molecular weight excluding hydrogens is 102 g/mol. The highest BCUT2D eigenvalue weighted by Crippen LogP contribution is 1.90. The fourth-order valence-corrected chi connectivity index (χ4v) is 0.423. The molecule has 0 bridgehead atoms. The molecule has 8 heavy (non-hydrogen) atoms. The van der Waals surface area contributed by atoms with Gasteiger partial charge in [-0.25, -0.2) is 0 Å². The minimum absolute atomic E-state index is 0.141. The van der Waals surface area contributed by atoms with Crippen molar-refractivity contribution in [1.29, 1.82) is 0 Å². The third kappa shape index (κ3) is 4.09. The summed E-state index contributed by atoms with van der Waals surface area (Å²) in [6.45, 7) is 4.71. The summed E-state index contributed by atoms with van der Waals surface area (Å²) >= 11 is 0. The van der Waals surface area contributed by atoms with Gasteiger partial charge < -0.3 is 10.1 Å². The van der Waals surface area contributed by atoms with E-state index in [-0.39, 0.29) is 6.10 Å². The van der Waals surface area contributed by atoms with Gasteiger partial charge in [-0.3, -0.25) is 0 Å². The van der Waals surface area contributed by atoms with E-state index in [2.05, 4.69) is 12.2 Å². The first-order chi connectivity index (χ1) is 3.81. The summed E-state index contributed by atoms with van der Waals surface area (Å²) in [5, 5.41) is 3.01. The molecular formula is C6H14NO. The summed E-state index contributed by atoms with van der Waals surface area (Å²) in [7, 11) is 3.59. The maximum atomic E-state index is 4.90. The van der Waals surface area contributed by atoms with Crippen molar-refractivity contribution in [1.82, 2.24) is 5.32 Å². The van der Waals surface area contributed by atoms with Crippen LogP contribution in [0.3, 0.4) is 0 Å². The van der Waals surface area contributed by atoms with E-state index in [0.29, 0.717) is 0 Å². The molecule has 1 atom stereocenters. The second kappa shape index (κ2) is 5.06. The van der Waals surface area contributed by atoms with Gasteiger partial charge >= 0.3 is 0 Å². The predicted molar refractivity (Wildman–Crippen MR) is 34.7 cm³/mol. The Morgan fingerprint density at radius 3 is 2.75 bits per heavy atom. The van der Waals surface area contributed by atoms with Crippen LogP contribution in [0.25, 0.3) is 0 Å². The molecule has 49 valence electrons. The van der Waals surface area contributed by atoms with Gasteiger partial charge in [0, 0.05) is 7.11 Å². The summed E-state index contributed by atoms with van der Waals surface area (Å²) in [6.07, 6.45) is 1.12. The van der Waals surface area contributed by atoms with Crippen LogP contribution in [0.1, 0.15) is 6.42 Å². The van der Waals surface area contributed by atoms with Gasteiger partial charge in [-0.2, -0.15) is 0 Å². The van der Waals surface area contributed by atoms with Gasteiger partial charge in [-0.15, -0.1) is 0 Å². The van der Waals surface area contributed by atoms with E-state index >= 15 is 0 Å². The van der Waals surface area contributed by atoms with Crippen LogP contribution in [0.15, 0.2) is 0 Å². The molecule has 0 aromatic carbocycles. The Labute approximate surface area is 51.2 Å². The second-order valence-electron chi connectivity index (χ2n) is 1.75. The number of hydrogen-bond donors (Lipinski definition) is 1. The molecule has 1 radical (unpaired) electrons. The zero-order valence-corrected chi connectivity index (χ0v) is 5.61. The molecule has 2 heteroatoms. The third-order valence-electron chi connectivity index (χ3n) is 1.05. The van der Waals surface area contributed by atoms with Crippen LogP contribution in [0.2, 0.25) is 0 Å². The Morgan fingerprint density at radius 2 is 2.38 bits per heavy atom. The van der Waals surface area contributed by atoms with Gasteiger partial charge in [0.1, 0.15) is 0 Å². The maximum Gasteiger partial charge on any atom is 0.0584 e. The normalized spacial score (nSPS) is 13.9. The Morgan fingerprint density at radius 1 is 1.75 bits per heavy atom. The lowest BCUT2D eigenvalue weighted by molar-refractivity contribution is 0.132. The van der Waals surface area contributed by atoms with Crippen molar-refractivity contribution in [2.75, 3.05) is 20.7 Å². The number of ether oxygens (including phenoxy) is 1. The van der Waals surface area contributed by atoms with E-state index in [1.54, 1.807) is 7.11 Å². The number of nitrogens with one attached hydrogen (secondary N) is 1. The van der Waals surface area contributed by atoms with Crippen LogP contribution < -0.4 is 5.32 Å². The monoisotopic (exact) mass is 116 g/mol. The van der Waals surface area contributed by atoms with Crippen molar-refractivity contribution in [3.8, 4) is 0 Å². The molecule has 0 saturated heterocycles. The van der Waals surface area contributed by atoms with Crippen LogP contribution >= 0.6 is 0 Å². The largest absolute Gasteiger partial charge is 0.381 e. The highest BCUT2D eigenvalue weighted by atomic mass is 16.5. The van der Waals surface area contributed by atoms with Crippen LogP contribution in [0.5, 0.6) is 0 Å². The first kappa shape index (κ1) is 7.92. The van der Waals surface area contributed by atoms with E-state index in [1.807, 2.05) is 7.05 Å². The third-order valence-corrected chi connectivity index (χ3v) is 1.05. The molecule has 1 unspecified atom stereocenters. The molecule has 0 aliphatic rings. The van der Waals surface area contributed by atoms with Gasteiger partial charge in [0.2, 0.25) is 0 Å². The Bertz CT molecular complexity index is 47.8. The maximum absolute atomic E-state index is 4.90. The Balaban J connectivity index is 2.86. The lowest BCUT2D eigenvalue weighted by atomic mass is 10.3. The number of rotatable bonds is 4. The predicted octanol–water partition coefficient (Wildman–Crippen LogP) is 0.445. The van der Waals surface area contributed by atoms with E-state index in [0.717, 1.165) is 13.0 Å². The summed E-state index contributed by atoms with van der Waals surface area (Å²) in [5.41, 5.74) is 0. The summed E-state index contributed by atoms with van der Waals surface area (Å²) in [4.78, 5) is 0. The molecule has 1 N–H and O–H groups in total. The van der Waals surface area contributed by atoms with Crippen molar-refractivity contribution in [2.24, 2.45) is 0 Å². The van der Waals surface area contributed by atoms with Crippen molar-refractivity contribution in [2.45, 2.75) is 12.5 Å². The molecule has 0 heterocycles. The SMILES string of the molecule is [CH2]C(CCNC)OC. The first-order valence-electron chi connectivity index (χ1n) is 2.81. The van der Waals surface area contributed by atoms with Crippen LogP contribution in [0, 0.1) is 6.92 Å². The van der Waals surface area contributed by atoms with Gasteiger partial charge in [0.25, 0.3) is 0 Å². The average Bonchev–Trinajstić information content (AvgIpc) is 1.83. The van der Waals surface area contributed by atoms with Gasteiger partial charge in [-0.1, -0.05) is 0 Å². The topological polar surface area (TPSA) is 21.3 Å². The summed E-state index contributed by atoms with van der Waals surface area (Å²) in [6, 6.07) is 0. The Kier molecular flexibility index (Phi) is 5.01. The van der Waals surface area contributed by atoms with Gasteiger partial charge in [0.05, 0.1) is 6.10 Å². The van der Waals surface area contributed by atoms with E-state index in [1.165, 1.54) is 0 Å². The minimum Gasteiger partial charge on any atom is -0.381 e. The van der Waals surface area contributed by atoms with E-state index in [4.69, 9.17) is 4.74 Å². The van der Waals surface area contributed by atoms with Gasteiger partial charge in [-0.05, 0) is 26.9 Å². The molecule has 0 aromatic rings.